The number of hydrogen-bond donors (Lipinski definition) is 3. The van der Waals surface area contributed by atoms with Crippen molar-refractivity contribution in [2.45, 2.75) is 180 Å². The maximum atomic E-state index is 13.6. The van der Waals surface area contributed by atoms with Crippen molar-refractivity contribution < 1.29 is 28.9 Å². The second-order valence-electron chi connectivity index (χ2n) is 17.9. The van der Waals surface area contributed by atoms with Crippen LogP contribution < -0.4 is 33.0 Å². The Labute approximate surface area is 375 Å². The fourth-order valence-electron chi connectivity index (χ4n) is 7.08. The number of unbranched alkanes of at least 4 members (excludes halogenated alkanes) is 9. The summed E-state index contributed by atoms with van der Waals surface area (Å²) in [5.74, 6) is 0.962. The monoisotopic (exact) mass is 892 g/mol. The van der Waals surface area contributed by atoms with Crippen molar-refractivity contribution in [2.75, 3.05) is 19.6 Å². The third kappa shape index (κ3) is 22.4. The van der Waals surface area contributed by atoms with Gasteiger partial charge in [-0.3, -0.25) is 14.5 Å². The number of nitrogens with zero attached hydrogens (tertiary/aromatic N) is 6. The molecule has 3 amide bonds. The molecule has 18 nitrogen and oxygen atoms in total. The smallest absolute Gasteiger partial charge is 0.320 e. The maximum Gasteiger partial charge on any atom is 0.433 e. The van der Waals surface area contributed by atoms with Crippen LogP contribution in [0.5, 0.6) is 0 Å². The minimum absolute atomic E-state index is 0.151. The number of hydrogen-bond acceptors (Lipinski definition) is 12. The highest BCUT2D eigenvalue weighted by molar-refractivity contribution is 5.89. The molecule has 0 bridgehead atoms. The first kappa shape index (κ1) is 56.2. The van der Waals surface area contributed by atoms with Gasteiger partial charge in [0.2, 0.25) is 0 Å². The minimum Gasteiger partial charge on any atom is -0.320 e. The largest absolute Gasteiger partial charge is 0.433 e. The van der Waals surface area contributed by atoms with Gasteiger partial charge in [-0.15, -0.1) is 0 Å². The molecule has 63 heavy (non-hydrogen) atoms. The standard InChI is InChI=1S/C45H81N9O9/c1-31(2)37(32(3)4)49-61-40(55)46-25-19-13-16-22-28-52-43(58)53(29-23-17-14-20-26-47-41(56)62-50-38(33(5)6)34(7)8)45(60)54(44(52)59)30-24-18-15-21-27-48-42(57)63-51-39(35(9)10)36(11)12/h31-36H,13-30H2,1-12H3,(H,46,55)(H,47,56)(H,48,57). The number of carbonyl (C=O) groups excluding carboxylic acids is 3. The predicted octanol–water partition coefficient (Wildman–Crippen LogP) is 8.04. The van der Waals surface area contributed by atoms with E-state index in [2.05, 4.69) is 31.4 Å². The highest BCUT2D eigenvalue weighted by atomic mass is 16.7. The van der Waals surface area contributed by atoms with Crippen molar-refractivity contribution in [1.29, 1.82) is 0 Å². The van der Waals surface area contributed by atoms with Crippen LogP contribution in [0.1, 0.15) is 160 Å². The molecule has 3 N–H and O–H groups in total. The number of amides is 3. The lowest BCUT2D eigenvalue weighted by Gasteiger charge is -2.14. The van der Waals surface area contributed by atoms with Gasteiger partial charge in [-0.2, -0.15) is 0 Å². The summed E-state index contributed by atoms with van der Waals surface area (Å²) >= 11 is 0. The molecular formula is C45H81N9O9. The van der Waals surface area contributed by atoms with Gasteiger partial charge >= 0.3 is 35.3 Å². The average Bonchev–Trinajstić information content (AvgIpc) is 3.19. The lowest BCUT2D eigenvalue weighted by molar-refractivity contribution is 0.148. The SMILES string of the molecule is CC(C)C(=NOC(=O)NCCCCCCn1c(=O)n(CCCCCCNC(=O)ON=C(C(C)C)C(C)C)c(=O)n(CCCCCCNC(=O)ON=C(C(C)C)C(C)C)c1=O)C(C)C. The molecule has 0 radical (unpaired) electrons. The first-order valence-electron chi connectivity index (χ1n) is 23.3. The van der Waals surface area contributed by atoms with Crippen LogP contribution in [-0.4, -0.2) is 68.8 Å². The normalized spacial score (nSPS) is 11.3. The zero-order valence-electron chi connectivity index (χ0n) is 40.5. The van der Waals surface area contributed by atoms with Crippen molar-refractivity contribution in [3.05, 3.63) is 31.5 Å². The molecule has 1 rings (SSSR count). The fraction of sp³-hybridized carbons (Fsp3) is 0.800. The summed E-state index contributed by atoms with van der Waals surface area (Å²) in [7, 11) is 0. The van der Waals surface area contributed by atoms with Gasteiger partial charge in [0.05, 0.1) is 17.1 Å². The van der Waals surface area contributed by atoms with Crippen LogP contribution in [0.4, 0.5) is 14.4 Å². The minimum atomic E-state index is -0.628. The molecule has 0 aliphatic carbocycles. The molecule has 1 aromatic heterocycles. The number of carbonyl (C=O) groups is 3. The van der Waals surface area contributed by atoms with E-state index in [9.17, 15) is 28.8 Å². The van der Waals surface area contributed by atoms with Crippen molar-refractivity contribution in [3.8, 4) is 0 Å². The van der Waals surface area contributed by atoms with Crippen molar-refractivity contribution in [1.82, 2.24) is 29.7 Å². The number of rotatable bonds is 30. The Morgan fingerprint density at radius 3 is 0.794 bits per heavy atom. The van der Waals surface area contributed by atoms with Crippen LogP contribution >= 0.6 is 0 Å². The molecular weight excluding hydrogens is 811 g/mol. The first-order chi connectivity index (χ1) is 29.8. The van der Waals surface area contributed by atoms with Crippen LogP contribution in [-0.2, 0) is 34.1 Å². The van der Waals surface area contributed by atoms with E-state index >= 15 is 0 Å². The summed E-state index contributed by atoms with van der Waals surface area (Å²) < 4.78 is 3.46. The summed E-state index contributed by atoms with van der Waals surface area (Å²) in [6.07, 6.45) is 6.05. The Bertz CT molecular complexity index is 1540. The lowest BCUT2D eigenvalue weighted by atomic mass is 9.98. The summed E-state index contributed by atoms with van der Waals surface area (Å²) in [4.78, 5) is 92.3. The Morgan fingerprint density at radius 2 is 0.587 bits per heavy atom. The van der Waals surface area contributed by atoms with Crippen molar-refractivity contribution in [2.24, 2.45) is 51.0 Å². The lowest BCUT2D eigenvalue weighted by Crippen LogP contribution is -2.54. The van der Waals surface area contributed by atoms with E-state index in [1.165, 1.54) is 0 Å². The Balaban J connectivity index is 2.84. The van der Waals surface area contributed by atoms with E-state index in [-0.39, 0.29) is 55.1 Å². The second-order valence-corrected chi connectivity index (χ2v) is 17.9. The molecule has 0 unspecified atom stereocenters. The van der Waals surface area contributed by atoms with Gasteiger partial charge in [-0.05, 0) is 74.0 Å². The van der Waals surface area contributed by atoms with Gasteiger partial charge in [0, 0.05) is 39.3 Å². The summed E-state index contributed by atoms with van der Waals surface area (Å²) in [5, 5.41) is 20.1. The van der Waals surface area contributed by atoms with Crippen LogP contribution in [0, 0.1) is 35.5 Å². The van der Waals surface area contributed by atoms with E-state index in [1.807, 2.05) is 83.1 Å². The molecule has 0 atom stereocenters. The zero-order chi connectivity index (χ0) is 47.5. The Hall–Kier alpha value is -4.77. The number of aromatic nitrogens is 3. The Morgan fingerprint density at radius 1 is 0.381 bits per heavy atom. The zero-order valence-corrected chi connectivity index (χ0v) is 40.5. The van der Waals surface area contributed by atoms with E-state index < -0.39 is 35.3 Å². The van der Waals surface area contributed by atoms with Gasteiger partial charge in [0.15, 0.2) is 0 Å². The molecule has 0 aliphatic heterocycles. The first-order valence-corrected chi connectivity index (χ1v) is 23.3. The summed E-state index contributed by atoms with van der Waals surface area (Å²) in [5.41, 5.74) is 0.533. The molecule has 1 aromatic rings. The van der Waals surface area contributed by atoms with Crippen LogP contribution in [0.3, 0.4) is 0 Å². The average molecular weight is 892 g/mol. The van der Waals surface area contributed by atoms with Crippen LogP contribution in [0.2, 0.25) is 0 Å². The van der Waals surface area contributed by atoms with Gasteiger partial charge in [0.25, 0.3) is 0 Å². The third-order valence-corrected chi connectivity index (χ3v) is 10.4. The van der Waals surface area contributed by atoms with E-state index in [1.54, 1.807) is 0 Å². The van der Waals surface area contributed by atoms with Gasteiger partial charge in [-0.25, -0.2) is 42.5 Å². The van der Waals surface area contributed by atoms with E-state index in [0.29, 0.717) is 77.4 Å². The van der Waals surface area contributed by atoms with Gasteiger partial charge in [-0.1, -0.05) is 137 Å². The maximum absolute atomic E-state index is 13.6. The van der Waals surface area contributed by atoms with E-state index in [0.717, 1.165) is 50.1 Å². The molecule has 0 aliphatic rings. The second kappa shape index (κ2) is 31.1. The molecule has 0 spiro atoms. The third-order valence-electron chi connectivity index (χ3n) is 10.4. The Kier molecular flexibility index (Phi) is 27.8. The molecule has 0 fully saturated rings. The van der Waals surface area contributed by atoms with Crippen molar-refractivity contribution >= 4 is 35.4 Å². The topological polar surface area (TPSA) is 218 Å². The summed E-state index contributed by atoms with van der Waals surface area (Å²) in [6, 6.07) is 0. The van der Waals surface area contributed by atoms with Gasteiger partial charge < -0.3 is 16.0 Å². The highest BCUT2D eigenvalue weighted by Crippen LogP contribution is 2.11. The molecule has 0 saturated heterocycles. The molecule has 18 heteroatoms. The van der Waals surface area contributed by atoms with Crippen LogP contribution in [0.15, 0.2) is 29.9 Å². The quantitative estimate of drug-likeness (QED) is 0.0294. The molecule has 0 saturated carbocycles. The number of oxime groups is 3. The van der Waals surface area contributed by atoms with E-state index in [4.69, 9.17) is 14.5 Å². The number of nitrogens with one attached hydrogen (secondary N) is 3. The fourth-order valence-corrected chi connectivity index (χ4v) is 7.08. The summed E-state index contributed by atoms with van der Waals surface area (Å²) in [6.45, 7) is 25.6. The van der Waals surface area contributed by atoms with Crippen LogP contribution in [0.25, 0.3) is 0 Å². The highest BCUT2D eigenvalue weighted by Gasteiger charge is 2.17. The molecule has 0 aromatic carbocycles. The molecule has 1 heterocycles. The van der Waals surface area contributed by atoms with Gasteiger partial charge in [0.1, 0.15) is 0 Å². The predicted molar refractivity (Wildman–Crippen MR) is 249 cm³/mol. The molecule has 360 valence electrons. The van der Waals surface area contributed by atoms with Crippen molar-refractivity contribution in [3.63, 3.8) is 0 Å².